The molecule has 1 aliphatic rings. The number of rotatable bonds is 4. The van der Waals surface area contributed by atoms with Crippen LogP contribution in [0.3, 0.4) is 0 Å². The van der Waals surface area contributed by atoms with Crippen LogP contribution < -0.4 is 4.74 Å². The molecule has 2 aromatic rings. The fraction of sp³-hybridized carbons (Fsp3) is 0.412. The van der Waals surface area contributed by atoms with Crippen LogP contribution >= 0.6 is 12.4 Å². The Balaban J connectivity index is 0.00000147. The van der Waals surface area contributed by atoms with Crippen LogP contribution in [-0.4, -0.2) is 30.6 Å². The summed E-state index contributed by atoms with van der Waals surface area (Å²) in [6, 6.07) is 15.2. The van der Waals surface area contributed by atoms with E-state index in [1.54, 1.807) is 0 Å². The van der Waals surface area contributed by atoms with Crippen LogP contribution in [-0.2, 0) is 0 Å². The maximum Gasteiger partial charge on any atom is 0.120 e. The van der Waals surface area contributed by atoms with Crippen molar-refractivity contribution in [3.8, 4) is 5.75 Å². The third kappa shape index (κ3) is 3.44. The highest BCUT2D eigenvalue weighted by molar-refractivity contribution is 5.85. The number of hydrogen-bond acceptors (Lipinski definition) is 2. The maximum absolute atomic E-state index is 5.95. The van der Waals surface area contributed by atoms with Gasteiger partial charge in [0, 0.05) is 6.04 Å². The molecule has 108 valence electrons. The zero-order chi connectivity index (χ0) is 13.1. The van der Waals surface area contributed by atoms with Gasteiger partial charge in [-0.1, -0.05) is 30.3 Å². The second-order valence-corrected chi connectivity index (χ2v) is 5.41. The summed E-state index contributed by atoms with van der Waals surface area (Å²) in [5.74, 6) is 0.977. The molecule has 1 fully saturated rings. The summed E-state index contributed by atoms with van der Waals surface area (Å²) in [6.07, 6.45) is 2.67. The van der Waals surface area contributed by atoms with Crippen molar-refractivity contribution in [1.29, 1.82) is 0 Å². The molecule has 3 heteroatoms. The van der Waals surface area contributed by atoms with Crippen LogP contribution in [0, 0.1) is 0 Å². The van der Waals surface area contributed by atoms with Gasteiger partial charge in [0.25, 0.3) is 0 Å². The van der Waals surface area contributed by atoms with E-state index in [0.29, 0.717) is 6.04 Å². The van der Waals surface area contributed by atoms with Crippen LogP contribution in [0.5, 0.6) is 5.75 Å². The van der Waals surface area contributed by atoms with E-state index in [0.717, 1.165) is 12.4 Å². The summed E-state index contributed by atoms with van der Waals surface area (Å²) < 4.78 is 5.95. The van der Waals surface area contributed by atoms with E-state index in [9.17, 15) is 0 Å². The smallest absolute Gasteiger partial charge is 0.120 e. The Kier molecular flexibility index (Phi) is 5.27. The Bertz CT molecular complexity index is 551. The Morgan fingerprint density at radius 1 is 1.05 bits per heavy atom. The molecule has 2 aromatic carbocycles. The standard InChI is InChI=1S/C17H21NO.ClH/c1-14(18-10-4-5-11-18)13-19-17-9-8-15-6-2-3-7-16(15)12-17;/h2-3,6-9,12,14H,4-5,10-11,13H2,1H3;1H. The highest BCUT2D eigenvalue weighted by Crippen LogP contribution is 2.21. The molecule has 0 bridgehead atoms. The van der Waals surface area contributed by atoms with Crippen molar-refractivity contribution in [2.45, 2.75) is 25.8 Å². The second-order valence-electron chi connectivity index (χ2n) is 5.41. The first-order chi connectivity index (χ1) is 9.33. The normalized spacial score (nSPS) is 16.9. The largest absolute Gasteiger partial charge is 0.492 e. The highest BCUT2D eigenvalue weighted by atomic mass is 35.5. The lowest BCUT2D eigenvalue weighted by Gasteiger charge is -2.23. The average molecular weight is 292 g/mol. The van der Waals surface area contributed by atoms with E-state index in [4.69, 9.17) is 4.74 Å². The van der Waals surface area contributed by atoms with Crippen LogP contribution in [0.2, 0.25) is 0 Å². The highest BCUT2D eigenvalue weighted by Gasteiger charge is 2.18. The zero-order valence-electron chi connectivity index (χ0n) is 11.9. The fourth-order valence-corrected chi connectivity index (χ4v) is 2.76. The van der Waals surface area contributed by atoms with E-state index in [-0.39, 0.29) is 12.4 Å². The fourth-order valence-electron chi connectivity index (χ4n) is 2.76. The van der Waals surface area contributed by atoms with Gasteiger partial charge in [-0.15, -0.1) is 12.4 Å². The molecule has 20 heavy (non-hydrogen) atoms. The van der Waals surface area contributed by atoms with Gasteiger partial charge >= 0.3 is 0 Å². The number of hydrogen-bond donors (Lipinski definition) is 0. The third-order valence-corrected chi connectivity index (χ3v) is 3.98. The van der Waals surface area contributed by atoms with E-state index in [1.165, 1.54) is 36.7 Å². The molecule has 0 radical (unpaired) electrons. The summed E-state index contributed by atoms with van der Waals surface area (Å²) in [7, 11) is 0. The molecular weight excluding hydrogens is 270 g/mol. The van der Waals surface area contributed by atoms with E-state index in [1.807, 2.05) is 0 Å². The summed E-state index contributed by atoms with van der Waals surface area (Å²) in [5, 5.41) is 2.51. The van der Waals surface area contributed by atoms with Crippen molar-refractivity contribution in [1.82, 2.24) is 4.90 Å². The quantitative estimate of drug-likeness (QED) is 0.840. The lowest BCUT2D eigenvalue weighted by Crippen LogP contribution is -2.34. The maximum atomic E-state index is 5.95. The minimum absolute atomic E-state index is 0. The first kappa shape index (κ1) is 15.1. The Morgan fingerprint density at radius 2 is 1.75 bits per heavy atom. The first-order valence-electron chi connectivity index (χ1n) is 7.18. The van der Waals surface area contributed by atoms with E-state index in [2.05, 4.69) is 54.3 Å². The molecule has 1 atom stereocenters. The van der Waals surface area contributed by atoms with Crippen LogP contribution in [0.25, 0.3) is 10.8 Å². The van der Waals surface area contributed by atoms with E-state index < -0.39 is 0 Å². The molecule has 0 saturated carbocycles. The molecule has 0 aromatic heterocycles. The van der Waals surface area contributed by atoms with Gasteiger partial charge in [-0.25, -0.2) is 0 Å². The van der Waals surface area contributed by atoms with Crippen molar-refractivity contribution in [2.24, 2.45) is 0 Å². The second kappa shape index (κ2) is 6.96. The van der Waals surface area contributed by atoms with Crippen molar-refractivity contribution < 1.29 is 4.74 Å². The number of nitrogens with zero attached hydrogens (tertiary/aromatic N) is 1. The SMILES string of the molecule is CC(COc1ccc2ccccc2c1)N1CCCC1.Cl. The van der Waals surface area contributed by atoms with Crippen LogP contribution in [0.15, 0.2) is 42.5 Å². The van der Waals surface area contributed by atoms with E-state index >= 15 is 0 Å². The van der Waals surface area contributed by atoms with Crippen molar-refractivity contribution in [3.63, 3.8) is 0 Å². The van der Waals surface area contributed by atoms with Gasteiger partial charge in [0.1, 0.15) is 12.4 Å². The molecule has 1 aliphatic heterocycles. The van der Waals surface area contributed by atoms with Crippen LogP contribution in [0.4, 0.5) is 0 Å². The molecular formula is C17H22ClNO. The van der Waals surface area contributed by atoms with Crippen molar-refractivity contribution >= 4 is 23.2 Å². The molecule has 0 aliphatic carbocycles. The summed E-state index contributed by atoms with van der Waals surface area (Å²) in [4.78, 5) is 2.51. The summed E-state index contributed by atoms with van der Waals surface area (Å²) >= 11 is 0. The zero-order valence-corrected chi connectivity index (χ0v) is 12.7. The first-order valence-corrected chi connectivity index (χ1v) is 7.18. The Morgan fingerprint density at radius 3 is 2.50 bits per heavy atom. The Labute approximate surface area is 127 Å². The predicted molar refractivity (Wildman–Crippen MR) is 87.0 cm³/mol. The van der Waals surface area contributed by atoms with Gasteiger partial charge in [-0.05, 0) is 55.8 Å². The average Bonchev–Trinajstić information content (AvgIpc) is 2.99. The summed E-state index contributed by atoms with van der Waals surface area (Å²) in [5.41, 5.74) is 0. The lowest BCUT2D eigenvalue weighted by molar-refractivity contribution is 0.173. The van der Waals surface area contributed by atoms with Crippen molar-refractivity contribution in [2.75, 3.05) is 19.7 Å². The minimum atomic E-state index is 0. The Hall–Kier alpha value is -1.25. The number of fused-ring (bicyclic) bond motifs is 1. The number of benzene rings is 2. The molecule has 2 nitrogen and oxygen atoms in total. The van der Waals surface area contributed by atoms with Crippen LogP contribution in [0.1, 0.15) is 19.8 Å². The molecule has 0 N–H and O–H groups in total. The molecule has 1 heterocycles. The molecule has 0 spiro atoms. The summed E-state index contributed by atoms with van der Waals surface area (Å²) in [6.45, 7) is 5.48. The van der Waals surface area contributed by atoms with Gasteiger partial charge in [0.05, 0.1) is 0 Å². The van der Waals surface area contributed by atoms with Gasteiger partial charge < -0.3 is 4.74 Å². The number of ether oxygens (including phenoxy) is 1. The lowest BCUT2D eigenvalue weighted by atomic mass is 10.1. The monoisotopic (exact) mass is 291 g/mol. The molecule has 1 unspecified atom stereocenters. The minimum Gasteiger partial charge on any atom is -0.492 e. The number of halogens is 1. The third-order valence-electron chi connectivity index (χ3n) is 3.98. The topological polar surface area (TPSA) is 12.5 Å². The molecule has 1 saturated heterocycles. The number of likely N-dealkylation sites (tertiary alicyclic amines) is 1. The molecule has 3 rings (SSSR count). The van der Waals surface area contributed by atoms with Gasteiger partial charge in [0.2, 0.25) is 0 Å². The van der Waals surface area contributed by atoms with Gasteiger partial charge in [-0.2, -0.15) is 0 Å². The van der Waals surface area contributed by atoms with Crippen molar-refractivity contribution in [3.05, 3.63) is 42.5 Å². The molecule has 0 amide bonds. The van der Waals surface area contributed by atoms with Gasteiger partial charge in [-0.3, -0.25) is 4.90 Å². The predicted octanol–water partition coefficient (Wildman–Crippen LogP) is 4.12. The van der Waals surface area contributed by atoms with Gasteiger partial charge in [0.15, 0.2) is 0 Å².